The van der Waals surface area contributed by atoms with Crippen molar-refractivity contribution < 1.29 is 18.0 Å². The molecule has 0 aromatic carbocycles. The Morgan fingerprint density at radius 1 is 1.33 bits per heavy atom. The molecule has 10 heteroatoms. The highest BCUT2D eigenvalue weighted by Crippen LogP contribution is 2.37. The van der Waals surface area contributed by atoms with Crippen molar-refractivity contribution >= 4 is 27.5 Å². The average molecular weight is 357 g/mol. The highest BCUT2D eigenvalue weighted by Gasteiger charge is 2.37. The van der Waals surface area contributed by atoms with Gasteiger partial charge in [0.05, 0.1) is 16.6 Å². The molecule has 0 fully saturated rings. The van der Waals surface area contributed by atoms with Crippen LogP contribution in [0.4, 0.5) is 13.2 Å². The summed E-state index contributed by atoms with van der Waals surface area (Å²) >= 11 is 0.974. The fourth-order valence-electron chi connectivity index (χ4n) is 2.37. The van der Waals surface area contributed by atoms with E-state index < -0.39 is 17.8 Å². The Morgan fingerprint density at radius 2 is 2.04 bits per heavy atom. The number of alkyl halides is 3. The van der Waals surface area contributed by atoms with E-state index in [1.807, 2.05) is 0 Å². The van der Waals surface area contributed by atoms with Crippen molar-refractivity contribution in [3.63, 3.8) is 0 Å². The Kier molecular flexibility index (Phi) is 3.86. The molecule has 1 N–H and O–H groups in total. The smallest absolute Gasteiger partial charge is 0.343 e. The molecule has 0 aliphatic heterocycles. The molecule has 24 heavy (non-hydrogen) atoms. The van der Waals surface area contributed by atoms with E-state index in [1.165, 1.54) is 13.1 Å². The minimum atomic E-state index is -4.56. The van der Waals surface area contributed by atoms with E-state index in [-0.39, 0.29) is 16.3 Å². The van der Waals surface area contributed by atoms with Gasteiger partial charge in [-0.2, -0.15) is 23.4 Å². The highest BCUT2D eigenvalue weighted by atomic mass is 32.1. The van der Waals surface area contributed by atoms with Crippen LogP contribution in [0.5, 0.6) is 0 Å². The summed E-state index contributed by atoms with van der Waals surface area (Å²) in [6, 6.07) is 2.64. The number of halogens is 3. The van der Waals surface area contributed by atoms with Gasteiger partial charge in [0, 0.05) is 25.7 Å². The molecule has 0 spiro atoms. The Balaban J connectivity index is 1.88. The number of thiophene rings is 1. The van der Waals surface area contributed by atoms with Crippen LogP contribution in [0.3, 0.4) is 0 Å². The number of amides is 1. The number of aryl methyl sites for hydroxylation is 2. The molecule has 0 aliphatic rings. The van der Waals surface area contributed by atoms with E-state index >= 15 is 0 Å². The van der Waals surface area contributed by atoms with Gasteiger partial charge >= 0.3 is 6.18 Å². The van der Waals surface area contributed by atoms with Crippen molar-refractivity contribution in [3.8, 4) is 0 Å². The van der Waals surface area contributed by atoms with E-state index in [0.29, 0.717) is 10.5 Å². The summed E-state index contributed by atoms with van der Waals surface area (Å²) in [4.78, 5) is 12.8. The first-order chi connectivity index (χ1) is 11.2. The van der Waals surface area contributed by atoms with E-state index in [1.54, 1.807) is 30.9 Å². The fraction of sp³-hybridized carbons (Fsp3) is 0.357. The number of carbonyl (C=O) groups excluding carboxylic acids is 1. The van der Waals surface area contributed by atoms with E-state index in [9.17, 15) is 18.0 Å². The van der Waals surface area contributed by atoms with Crippen molar-refractivity contribution in [2.45, 2.75) is 19.1 Å². The minimum Gasteiger partial charge on any atom is -0.343 e. The van der Waals surface area contributed by atoms with Crippen LogP contribution in [-0.4, -0.2) is 25.5 Å². The highest BCUT2D eigenvalue weighted by molar-refractivity contribution is 7.20. The van der Waals surface area contributed by atoms with Gasteiger partial charge in [0.15, 0.2) is 5.69 Å². The topological polar surface area (TPSA) is 64.7 Å². The second-order valence-electron chi connectivity index (χ2n) is 5.41. The van der Waals surface area contributed by atoms with Crippen molar-refractivity contribution in [2.75, 3.05) is 0 Å². The Labute approximate surface area is 138 Å². The summed E-state index contributed by atoms with van der Waals surface area (Å²) in [5, 5.41) is 10.4. The molecule has 6 nitrogen and oxygen atoms in total. The van der Waals surface area contributed by atoms with Gasteiger partial charge in [0.2, 0.25) is 0 Å². The first-order valence-electron chi connectivity index (χ1n) is 7.01. The predicted molar refractivity (Wildman–Crippen MR) is 82.7 cm³/mol. The van der Waals surface area contributed by atoms with Crippen LogP contribution < -0.4 is 5.32 Å². The van der Waals surface area contributed by atoms with Gasteiger partial charge in [0.25, 0.3) is 5.91 Å². The molecule has 3 heterocycles. The van der Waals surface area contributed by atoms with E-state index in [2.05, 4.69) is 15.5 Å². The average Bonchev–Trinajstić information content (AvgIpc) is 3.14. The molecule has 1 amide bonds. The SMILES string of the molecule is CC(NC(=O)c1cc2c(C(F)(F)F)nn(C)c2s1)c1ccn(C)n1. The summed E-state index contributed by atoms with van der Waals surface area (Å²) in [6.07, 6.45) is -2.81. The second-order valence-corrected chi connectivity index (χ2v) is 6.44. The van der Waals surface area contributed by atoms with Crippen LogP contribution in [0, 0.1) is 0 Å². The molecule has 0 saturated carbocycles. The van der Waals surface area contributed by atoms with Gasteiger partial charge in [-0.15, -0.1) is 11.3 Å². The molecule has 1 unspecified atom stereocenters. The largest absolute Gasteiger partial charge is 0.435 e. The monoisotopic (exact) mass is 357 g/mol. The first-order valence-corrected chi connectivity index (χ1v) is 7.82. The molecule has 3 aromatic rings. The molecule has 3 aromatic heterocycles. The van der Waals surface area contributed by atoms with Gasteiger partial charge in [-0.05, 0) is 19.1 Å². The van der Waals surface area contributed by atoms with Gasteiger partial charge in [-0.1, -0.05) is 0 Å². The van der Waals surface area contributed by atoms with Crippen molar-refractivity contribution in [2.24, 2.45) is 14.1 Å². The zero-order valence-electron chi connectivity index (χ0n) is 13.0. The normalized spacial score (nSPS) is 13.4. The summed E-state index contributed by atoms with van der Waals surface area (Å²) in [6.45, 7) is 1.76. The number of hydrogen-bond donors (Lipinski definition) is 1. The molecule has 0 aliphatic carbocycles. The first kappa shape index (κ1) is 16.5. The van der Waals surface area contributed by atoms with Crippen LogP contribution in [-0.2, 0) is 20.3 Å². The van der Waals surface area contributed by atoms with Gasteiger partial charge in [-0.25, -0.2) is 0 Å². The lowest BCUT2D eigenvalue weighted by Gasteiger charge is -2.10. The number of nitrogens with one attached hydrogen (secondary N) is 1. The van der Waals surface area contributed by atoms with Gasteiger partial charge in [0.1, 0.15) is 4.83 Å². The van der Waals surface area contributed by atoms with Crippen LogP contribution in [0.15, 0.2) is 18.3 Å². The lowest BCUT2D eigenvalue weighted by Crippen LogP contribution is -2.26. The second kappa shape index (κ2) is 5.62. The van der Waals surface area contributed by atoms with Crippen LogP contribution in [0.1, 0.15) is 34.0 Å². The lowest BCUT2D eigenvalue weighted by atomic mass is 10.2. The number of rotatable bonds is 3. The Bertz CT molecular complexity index is 907. The van der Waals surface area contributed by atoms with Crippen molar-refractivity contribution in [1.29, 1.82) is 0 Å². The van der Waals surface area contributed by atoms with Crippen molar-refractivity contribution in [3.05, 3.63) is 34.6 Å². The Morgan fingerprint density at radius 3 is 2.62 bits per heavy atom. The predicted octanol–water partition coefficient (Wildman–Crippen LogP) is 2.88. The third-order valence-corrected chi connectivity index (χ3v) is 4.73. The molecular weight excluding hydrogens is 343 g/mol. The standard InChI is InChI=1S/C14H14F3N5OS/c1-7(9-4-5-21(2)19-9)18-12(23)10-6-8-11(14(15,16)17)20-22(3)13(8)24-10/h4-7H,1-3H3,(H,18,23). The van der Waals surface area contributed by atoms with Crippen LogP contribution >= 0.6 is 11.3 Å². The maximum atomic E-state index is 13.0. The van der Waals surface area contributed by atoms with E-state index in [0.717, 1.165) is 16.0 Å². The molecule has 128 valence electrons. The van der Waals surface area contributed by atoms with Crippen LogP contribution in [0.25, 0.3) is 10.2 Å². The third-order valence-electron chi connectivity index (χ3n) is 3.53. The Hall–Kier alpha value is -2.36. The summed E-state index contributed by atoms with van der Waals surface area (Å²) in [7, 11) is 3.18. The maximum absolute atomic E-state index is 13.0. The molecule has 1 atom stereocenters. The molecular formula is C14H14F3N5OS. The lowest BCUT2D eigenvalue weighted by molar-refractivity contribution is -0.140. The number of carbonyl (C=O) groups is 1. The van der Waals surface area contributed by atoms with Gasteiger partial charge in [-0.3, -0.25) is 14.2 Å². The number of aromatic nitrogens is 4. The molecule has 3 rings (SSSR count). The molecule has 0 bridgehead atoms. The van der Waals surface area contributed by atoms with Crippen molar-refractivity contribution in [1.82, 2.24) is 24.9 Å². The molecule has 0 saturated heterocycles. The molecule has 0 radical (unpaired) electrons. The van der Waals surface area contributed by atoms with Crippen LogP contribution in [0.2, 0.25) is 0 Å². The number of nitrogens with zero attached hydrogens (tertiary/aromatic N) is 4. The fourth-order valence-corrected chi connectivity index (χ4v) is 3.34. The van der Waals surface area contributed by atoms with E-state index in [4.69, 9.17) is 0 Å². The zero-order valence-corrected chi connectivity index (χ0v) is 13.9. The number of fused-ring (bicyclic) bond motifs is 1. The summed E-state index contributed by atoms with van der Waals surface area (Å²) in [5.74, 6) is -0.442. The third kappa shape index (κ3) is 2.88. The summed E-state index contributed by atoms with van der Waals surface area (Å²) < 4.78 is 41.7. The van der Waals surface area contributed by atoms with Gasteiger partial charge < -0.3 is 5.32 Å². The summed E-state index contributed by atoms with van der Waals surface area (Å²) in [5.41, 5.74) is -0.308. The minimum absolute atomic E-state index is 0.0642. The quantitative estimate of drug-likeness (QED) is 0.784. The maximum Gasteiger partial charge on any atom is 0.435 e. The number of hydrogen-bond acceptors (Lipinski definition) is 4. The zero-order chi connectivity index (χ0) is 17.6.